The van der Waals surface area contributed by atoms with E-state index < -0.39 is 12.3 Å². The first-order chi connectivity index (χ1) is 12.2. The molecule has 0 bridgehead atoms. The fourth-order valence-corrected chi connectivity index (χ4v) is 3.96. The van der Waals surface area contributed by atoms with Gasteiger partial charge in [-0.25, -0.2) is 4.98 Å². The zero-order chi connectivity index (χ0) is 18.6. The molecule has 1 aromatic heterocycles. The Morgan fingerprint density at radius 3 is 2.46 bits per heavy atom. The summed E-state index contributed by atoms with van der Waals surface area (Å²) in [6, 6.07) is 2.97. The van der Waals surface area contributed by atoms with Crippen LogP contribution < -0.4 is 9.64 Å². The van der Waals surface area contributed by atoms with Gasteiger partial charge in [0, 0.05) is 12.6 Å². The van der Waals surface area contributed by atoms with Crippen molar-refractivity contribution < 1.29 is 27.4 Å². The zero-order valence-electron chi connectivity index (χ0n) is 14.5. The molecule has 0 radical (unpaired) electrons. The van der Waals surface area contributed by atoms with E-state index >= 15 is 0 Å². The smallest absolute Gasteiger partial charge is 0.425 e. The third kappa shape index (κ3) is 3.04. The van der Waals surface area contributed by atoms with Crippen LogP contribution in [0.3, 0.4) is 0 Å². The number of hydrogen-bond acceptors (Lipinski definition) is 4. The van der Waals surface area contributed by atoms with Crippen LogP contribution in [0.1, 0.15) is 39.0 Å². The van der Waals surface area contributed by atoms with Crippen molar-refractivity contribution in [2.24, 2.45) is 5.41 Å². The monoisotopic (exact) mass is 370 g/mol. The number of pyridine rings is 1. The second kappa shape index (κ2) is 5.84. The maximum absolute atomic E-state index is 13.0. The fraction of sp³-hybridized carbons (Fsp3) is 0.667. The summed E-state index contributed by atoms with van der Waals surface area (Å²) in [7, 11) is 0. The van der Waals surface area contributed by atoms with E-state index in [0.717, 1.165) is 45.6 Å². The average molecular weight is 370 g/mol. The Labute approximate surface area is 149 Å². The topological polar surface area (TPSA) is 55.0 Å². The van der Waals surface area contributed by atoms with Crippen LogP contribution in [-0.4, -0.2) is 41.9 Å². The minimum absolute atomic E-state index is 0.0364. The predicted molar refractivity (Wildman–Crippen MR) is 86.9 cm³/mol. The van der Waals surface area contributed by atoms with Crippen LogP contribution in [0.5, 0.6) is 5.88 Å². The summed E-state index contributed by atoms with van der Waals surface area (Å²) in [5.41, 5.74) is 0.313. The Morgan fingerprint density at radius 2 is 1.92 bits per heavy atom. The summed E-state index contributed by atoms with van der Waals surface area (Å²) >= 11 is 0. The molecule has 1 aliphatic carbocycles. The number of hydrogen-bond donors (Lipinski definition) is 0. The molecule has 1 amide bonds. The molecular formula is C18H21F3N2O3. The van der Waals surface area contributed by atoms with Gasteiger partial charge in [-0.3, -0.25) is 4.79 Å². The Kier molecular flexibility index (Phi) is 3.95. The fourth-order valence-electron chi connectivity index (χ4n) is 3.96. The average Bonchev–Trinajstić information content (AvgIpc) is 3.29. The number of alkyl halides is 3. The van der Waals surface area contributed by atoms with Gasteiger partial charge in [-0.05, 0) is 45.1 Å². The minimum Gasteiger partial charge on any atom is -0.465 e. The standard InChI is InChI=1S/C18H21F3N2O3/c1-12(18(19,20)21)26-14-3-2-13(10-22-14)23-9-8-16(15(23)24)4-6-17(7-5-16)11-25-17/h2-3,10,12H,4-9,11H2,1H3/t12-,16?,17?/m0/s1. The largest absolute Gasteiger partial charge is 0.465 e. The van der Waals surface area contributed by atoms with Crippen molar-refractivity contribution in [2.45, 2.75) is 56.9 Å². The summed E-state index contributed by atoms with van der Waals surface area (Å²) < 4.78 is 48.0. The third-order valence-electron chi connectivity index (χ3n) is 5.97. The van der Waals surface area contributed by atoms with Crippen LogP contribution in [0.4, 0.5) is 18.9 Å². The lowest BCUT2D eigenvalue weighted by Crippen LogP contribution is -2.39. The van der Waals surface area contributed by atoms with Gasteiger partial charge >= 0.3 is 6.18 Å². The molecule has 142 valence electrons. The summed E-state index contributed by atoms with van der Waals surface area (Å²) in [4.78, 5) is 18.6. The van der Waals surface area contributed by atoms with E-state index in [1.54, 1.807) is 11.0 Å². The van der Waals surface area contributed by atoms with Crippen LogP contribution >= 0.6 is 0 Å². The number of aromatic nitrogens is 1. The summed E-state index contributed by atoms with van der Waals surface area (Å²) in [5.74, 6) is -0.0162. The van der Waals surface area contributed by atoms with Crippen molar-refractivity contribution in [1.82, 2.24) is 4.98 Å². The highest BCUT2D eigenvalue weighted by Crippen LogP contribution is 2.53. The van der Waals surface area contributed by atoms with Gasteiger partial charge in [0.25, 0.3) is 0 Å². The predicted octanol–water partition coefficient (Wildman–Crippen LogP) is 3.48. The molecule has 3 heterocycles. The van der Waals surface area contributed by atoms with Crippen LogP contribution in [-0.2, 0) is 9.53 Å². The van der Waals surface area contributed by atoms with Gasteiger partial charge in [-0.15, -0.1) is 0 Å². The van der Waals surface area contributed by atoms with E-state index in [0.29, 0.717) is 12.2 Å². The third-order valence-corrected chi connectivity index (χ3v) is 5.97. The zero-order valence-corrected chi connectivity index (χ0v) is 14.5. The molecule has 26 heavy (non-hydrogen) atoms. The molecule has 0 aromatic carbocycles. The molecular weight excluding hydrogens is 349 g/mol. The number of rotatable bonds is 3. The lowest BCUT2D eigenvalue weighted by molar-refractivity contribution is -0.189. The summed E-state index contributed by atoms with van der Waals surface area (Å²) in [6.45, 7) is 2.35. The lowest BCUT2D eigenvalue weighted by atomic mass is 9.69. The Morgan fingerprint density at radius 1 is 1.23 bits per heavy atom. The van der Waals surface area contributed by atoms with Crippen molar-refractivity contribution in [2.75, 3.05) is 18.1 Å². The number of halogens is 3. The highest BCUT2D eigenvalue weighted by molar-refractivity contribution is 5.99. The first-order valence-electron chi connectivity index (χ1n) is 8.89. The second-order valence-corrected chi connectivity index (χ2v) is 7.62. The summed E-state index contributed by atoms with van der Waals surface area (Å²) in [5, 5.41) is 0. The van der Waals surface area contributed by atoms with Gasteiger partial charge < -0.3 is 14.4 Å². The van der Waals surface area contributed by atoms with Gasteiger partial charge in [0.1, 0.15) is 0 Å². The molecule has 0 unspecified atom stereocenters. The molecule has 1 aromatic rings. The van der Waals surface area contributed by atoms with Crippen molar-refractivity contribution in [1.29, 1.82) is 0 Å². The molecule has 2 aliphatic heterocycles. The summed E-state index contributed by atoms with van der Waals surface area (Å²) in [6.07, 6.45) is -0.660. The number of nitrogens with zero attached hydrogens (tertiary/aromatic N) is 2. The molecule has 5 nitrogen and oxygen atoms in total. The van der Waals surface area contributed by atoms with Crippen LogP contribution in [0.2, 0.25) is 0 Å². The van der Waals surface area contributed by atoms with E-state index in [9.17, 15) is 18.0 Å². The van der Waals surface area contributed by atoms with E-state index in [1.165, 1.54) is 12.3 Å². The molecule has 1 saturated carbocycles. The van der Waals surface area contributed by atoms with E-state index in [4.69, 9.17) is 9.47 Å². The first-order valence-corrected chi connectivity index (χ1v) is 8.89. The van der Waals surface area contributed by atoms with Crippen molar-refractivity contribution >= 4 is 11.6 Å². The number of anilines is 1. The Bertz CT molecular complexity index is 691. The van der Waals surface area contributed by atoms with E-state index in [1.807, 2.05) is 0 Å². The highest BCUT2D eigenvalue weighted by atomic mass is 19.4. The van der Waals surface area contributed by atoms with Crippen molar-refractivity contribution in [3.05, 3.63) is 18.3 Å². The van der Waals surface area contributed by atoms with E-state index in [-0.39, 0.29) is 22.8 Å². The number of ether oxygens (including phenoxy) is 2. The van der Waals surface area contributed by atoms with Crippen LogP contribution in [0.15, 0.2) is 18.3 Å². The van der Waals surface area contributed by atoms with Gasteiger partial charge in [-0.1, -0.05) is 0 Å². The maximum atomic E-state index is 13.0. The minimum atomic E-state index is -4.44. The molecule has 2 spiro atoms. The van der Waals surface area contributed by atoms with Crippen molar-refractivity contribution in [3.8, 4) is 5.88 Å². The molecule has 1 atom stereocenters. The SMILES string of the molecule is C[C@H](Oc1ccc(N2CCC3(CCC4(CC3)CO4)C2=O)cn1)C(F)(F)F. The van der Waals surface area contributed by atoms with Crippen molar-refractivity contribution in [3.63, 3.8) is 0 Å². The lowest BCUT2D eigenvalue weighted by Gasteiger charge is -2.34. The number of epoxide rings is 1. The van der Waals surface area contributed by atoms with Gasteiger partial charge in [0.05, 0.1) is 29.5 Å². The Balaban J connectivity index is 1.43. The van der Waals surface area contributed by atoms with Gasteiger partial charge in [-0.2, -0.15) is 13.2 Å². The van der Waals surface area contributed by atoms with Gasteiger partial charge in [0.2, 0.25) is 11.8 Å². The highest BCUT2D eigenvalue weighted by Gasteiger charge is 2.56. The van der Waals surface area contributed by atoms with E-state index in [2.05, 4.69) is 4.98 Å². The van der Waals surface area contributed by atoms with Crippen LogP contribution in [0, 0.1) is 5.41 Å². The number of amides is 1. The second-order valence-electron chi connectivity index (χ2n) is 7.62. The number of carbonyl (C=O) groups is 1. The maximum Gasteiger partial charge on any atom is 0.425 e. The molecule has 3 aliphatic rings. The van der Waals surface area contributed by atoms with Crippen LogP contribution in [0.25, 0.3) is 0 Å². The molecule has 0 N–H and O–H groups in total. The first kappa shape index (κ1) is 17.6. The molecule has 3 fully saturated rings. The quantitative estimate of drug-likeness (QED) is 0.765. The molecule has 8 heteroatoms. The molecule has 4 rings (SSSR count). The number of carbonyl (C=O) groups excluding carboxylic acids is 1. The Hall–Kier alpha value is -1.83. The van der Waals surface area contributed by atoms with Gasteiger partial charge in [0.15, 0.2) is 6.10 Å². The normalized spacial score (nSPS) is 32.3. The molecule has 2 saturated heterocycles.